The van der Waals surface area contributed by atoms with Crippen LogP contribution in [-0.4, -0.2) is 35.2 Å². The molecule has 1 heterocycles. The van der Waals surface area contributed by atoms with Gasteiger partial charge in [0.05, 0.1) is 17.3 Å². The van der Waals surface area contributed by atoms with Gasteiger partial charge in [0.25, 0.3) is 0 Å². The molecule has 8 heteroatoms. The van der Waals surface area contributed by atoms with Crippen molar-refractivity contribution in [3.05, 3.63) is 12.4 Å². The summed E-state index contributed by atoms with van der Waals surface area (Å²) in [4.78, 5) is 23.6. The van der Waals surface area contributed by atoms with Gasteiger partial charge in [0.15, 0.2) is 0 Å². The van der Waals surface area contributed by atoms with Crippen molar-refractivity contribution >= 4 is 29.9 Å². The average Bonchev–Trinajstić information content (AvgIpc) is 3.08. The van der Waals surface area contributed by atoms with Gasteiger partial charge in [0, 0.05) is 19.8 Å². The zero-order valence-electron chi connectivity index (χ0n) is 12.1. The van der Waals surface area contributed by atoms with E-state index >= 15 is 0 Å². The number of hydrogen-bond donors (Lipinski definition) is 3. The number of rotatable bonds is 5. The number of aromatic nitrogens is 2. The maximum absolute atomic E-state index is 12.3. The van der Waals surface area contributed by atoms with E-state index in [1.165, 1.54) is 4.68 Å². The maximum Gasteiger partial charge on any atom is 0.241 e. The van der Waals surface area contributed by atoms with Gasteiger partial charge >= 0.3 is 0 Å². The number of likely N-dealkylation sites (N-methyl/N-ethyl adjacent to an activating group) is 1. The van der Waals surface area contributed by atoms with Gasteiger partial charge in [0.1, 0.15) is 6.54 Å². The number of amides is 2. The molecular weight excluding hydrogens is 294 g/mol. The third-order valence-electron chi connectivity index (χ3n) is 3.91. The molecular formula is C13H22ClN5O2. The summed E-state index contributed by atoms with van der Waals surface area (Å²) < 4.78 is 1.48. The highest BCUT2D eigenvalue weighted by molar-refractivity contribution is 5.95. The molecule has 1 aromatic rings. The number of nitrogens with zero attached hydrogens (tertiary/aromatic N) is 2. The topological polar surface area (TPSA) is 102 Å². The Labute approximate surface area is 130 Å². The maximum atomic E-state index is 12.3. The monoisotopic (exact) mass is 315 g/mol. The molecule has 4 N–H and O–H groups in total. The second-order valence-electron chi connectivity index (χ2n) is 5.25. The molecule has 0 aromatic carbocycles. The molecule has 1 saturated carbocycles. The molecule has 1 fully saturated rings. The van der Waals surface area contributed by atoms with Crippen LogP contribution >= 0.6 is 12.4 Å². The Morgan fingerprint density at radius 1 is 1.43 bits per heavy atom. The fraction of sp³-hybridized carbons (Fsp3) is 0.615. The lowest BCUT2D eigenvalue weighted by atomic mass is 9.85. The van der Waals surface area contributed by atoms with Gasteiger partial charge in [-0.25, -0.2) is 0 Å². The molecule has 0 unspecified atom stereocenters. The average molecular weight is 316 g/mol. The van der Waals surface area contributed by atoms with Crippen LogP contribution < -0.4 is 16.4 Å². The van der Waals surface area contributed by atoms with Gasteiger partial charge in [0.2, 0.25) is 11.8 Å². The quantitative estimate of drug-likeness (QED) is 0.736. The number of carbonyl (C=O) groups excluding carboxylic acids is 2. The number of halogens is 1. The zero-order chi connectivity index (χ0) is 14.6. The summed E-state index contributed by atoms with van der Waals surface area (Å²) >= 11 is 0. The van der Waals surface area contributed by atoms with E-state index in [1.54, 1.807) is 19.4 Å². The molecule has 0 atom stereocenters. The Morgan fingerprint density at radius 3 is 2.67 bits per heavy atom. The van der Waals surface area contributed by atoms with E-state index in [0.717, 1.165) is 25.7 Å². The van der Waals surface area contributed by atoms with Crippen molar-refractivity contribution in [2.24, 2.45) is 11.1 Å². The minimum absolute atomic E-state index is 0. The smallest absolute Gasteiger partial charge is 0.241 e. The molecule has 1 aliphatic rings. The summed E-state index contributed by atoms with van der Waals surface area (Å²) in [5.74, 6) is -0.183. The predicted octanol–water partition coefficient (Wildman–Crippen LogP) is 0.508. The zero-order valence-corrected chi connectivity index (χ0v) is 12.9. The van der Waals surface area contributed by atoms with Crippen molar-refractivity contribution in [2.45, 2.75) is 32.2 Å². The van der Waals surface area contributed by atoms with Crippen LogP contribution in [0.3, 0.4) is 0 Å². The van der Waals surface area contributed by atoms with Gasteiger partial charge in [-0.05, 0) is 12.8 Å². The normalized spacial score (nSPS) is 16.1. The molecule has 0 aliphatic heterocycles. The number of nitrogens with two attached hydrogens (primary N) is 1. The van der Waals surface area contributed by atoms with Gasteiger partial charge in [-0.3, -0.25) is 14.3 Å². The highest BCUT2D eigenvalue weighted by Gasteiger charge is 2.39. The fourth-order valence-corrected chi connectivity index (χ4v) is 2.58. The van der Waals surface area contributed by atoms with Crippen LogP contribution in [0.15, 0.2) is 12.4 Å². The highest BCUT2D eigenvalue weighted by Crippen LogP contribution is 2.38. The molecule has 2 rings (SSSR count). The van der Waals surface area contributed by atoms with E-state index in [0.29, 0.717) is 12.2 Å². The van der Waals surface area contributed by atoms with Crippen molar-refractivity contribution in [2.75, 3.05) is 18.9 Å². The number of nitrogens with one attached hydrogen (secondary N) is 2. The first-order valence-corrected chi connectivity index (χ1v) is 6.84. The molecule has 7 nitrogen and oxygen atoms in total. The van der Waals surface area contributed by atoms with Crippen LogP contribution in [-0.2, 0) is 16.1 Å². The largest absolute Gasteiger partial charge is 0.358 e. The summed E-state index contributed by atoms with van der Waals surface area (Å²) in [6.07, 6.45) is 6.94. The number of carbonyl (C=O) groups is 2. The second-order valence-corrected chi connectivity index (χ2v) is 5.25. The second kappa shape index (κ2) is 7.42. The number of hydrogen-bond acceptors (Lipinski definition) is 4. The number of anilines is 1. The lowest BCUT2D eigenvalue weighted by Crippen LogP contribution is -2.40. The van der Waals surface area contributed by atoms with Gasteiger partial charge in [-0.15, -0.1) is 12.4 Å². The minimum atomic E-state index is -0.442. The van der Waals surface area contributed by atoms with E-state index in [2.05, 4.69) is 15.7 Å². The standard InChI is InChI=1S/C13H21N5O2.ClH/c1-15-11(19)8-18-7-10(6-16-18)17-12(20)13(9-14)4-2-3-5-13;/h6-7H,2-5,8-9,14H2,1H3,(H,15,19)(H,17,20);1H. The Hall–Kier alpha value is -1.60. The van der Waals surface area contributed by atoms with E-state index in [4.69, 9.17) is 5.73 Å². The molecule has 21 heavy (non-hydrogen) atoms. The Kier molecular flexibility index (Phi) is 6.17. The molecule has 1 aromatic heterocycles. The van der Waals surface area contributed by atoms with Crippen molar-refractivity contribution in [3.63, 3.8) is 0 Å². The summed E-state index contributed by atoms with van der Waals surface area (Å²) in [6, 6.07) is 0. The molecule has 0 spiro atoms. The Bertz CT molecular complexity index is 497. The highest BCUT2D eigenvalue weighted by atomic mass is 35.5. The van der Waals surface area contributed by atoms with E-state index in [-0.39, 0.29) is 30.8 Å². The van der Waals surface area contributed by atoms with Crippen molar-refractivity contribution in [3.8, 4) is 0 Å². The third-order valence-corrected chi connectivity index (χ3v) is 3.91. The van der Waals surface area contributed by atoms with Crippen LogP contribution in [0.5, 0.6) is 0 Å². The van der Waals surface area contributed by atoms with E-state index < -0.39 is 5.41 Å². The first-order valence-electron chi connectivity index (χ1n) is 6.84. The van der Waals surface area contributed by atoms with Crippen molar-refractivity contribution < 1.29 is 9.59 Å². The molecule has 0 radical (unpaired) electrons. The SMILES string of the molecule is CNC(=O)Cn1cc(NC(=O)C2(CN)CCCC2)cn1.Cl. The van der Waals surface area contributed by atoms with Crippen LogP contribution in [0.4, 0.5) is 5.69 Å². The molecule has 1 aliphatic carbocycles. The van der Waals surface area contributed by atoms with Gasteiger partial charge in [-0.1, -0.05) is 12.8 Å². The molecule has 2 amide bonds. The molecule has 0 saturated heterocycles. The molecule has 0 bridgehead atoms. The van der Waals surface area contributed by atoms with Gasteiger partial charge < -0.3 is 16.4 Å². The summed E-state index contributed by atoms with van der Waals surface area (Å²) in [5, 5.41) is 9.42. The predicted molar refractivity (Wildman–Crippen MR) is 82.1 cm³/mol. The van der Waals surface area contributed by atoms with E-state index in [1.807, 2.05) is 0 Å². The van der Waals surface area contributed by atoms with E-state index in [9.17, 15) is 9.59 Å². The van der Waals surface area contributed by atoms with Gasteiger partial charge in [-0.2, -0.15) is 5.10 Å². The minimum Gasteiger partial charge on any atom is -0.358 e. The fourth-order valence-electron chi connectivity index (χ4n) is 2.58. The summed E-state index contributed by atoms with van der Waals surface area (Å²) in [6.45, 7) is 0.500. The first-order chi connectivity index (χ1) is 9.59. The van der Waals surface area contributed by atoms with Crippen LogP contribution in [0.2, 0.25) is 0 Å². The Balaban J connectivity index is 0.00000220. The van der Waals surface area contributed by atoms with Crippen molar-refractivity contribution in [1.29, 1.82) is 0 Å². The van der Waals surface area contributed by atoms with Crippen LogP contribution in [0.25, 0.3) is 0 Å². The Morgan fingerprint density at radius 2 is 2.10 bits per heavy atom. The lowest BCUT2D eigenvalue weighted by molar-refractivity contribution is -0.125. The summed E-state index contributed by atoms with van der Waals surface area (Å²) in [5.41, 5.74) is 5.93. The van der Waals surface area contributed by atoms with Crippen molar-refractivity contribution in [1.82, 2.24) is 15.1 Å². The van der Waals surface area contributed by atoms with Crippen LogP contribution in [0, 0.1) is 5.41 Å². The summed E-state index contributed by atoms with van der Waals surface area (Å²) in [7, 11) is 1.57. The van der Waals surface area contributed by atoms with Crippen LogP contribution in [0.1, 0.15) is 25.7 Å². The first kappa shape index (κ1) is 17.5. The lowest BCUT2D eigenvalue weighted by Gasteiger charge is -2.25. The third kappa shape index (κ3) is 3.95. The molecule has 118 valence electrons.